The molecule has 0 aliphatic heterocycles. The average Bonchev–Trinajstić information content (AvgIpc) is 2.63. The molecule has 7 nitrogen and oxygen atoms in total. The molecule has 2 aromatic carbocycles. The predicted octanol–water partition coefficient (Wildman–Crippen LogP) is 2.70. The number of benzene rings is 2. The molecule has 0 saturated heterocycles. The maximum absolute atomic E-state index is 12.6. The maximum Gasteiger partial charge on any atom is 0.261 e. The highest BCUT2D eigenvalue weighted by Gasteiger charge is 2.16. The topological polar surface area (TPSA) is 103 Å². The SMILES string of the molecule is COCCOc1ccc(Br)cc1C(=O)NC(=S)Nc1ccccc1C(N)=O. The Morgan fingerprint density at radius 3 is 2.59 bits per heavy atom. The highest BCUT2D eigenvalue weighted by atomic mass is 79.9. The summed E-state index contributed by atoms with van der Waals surface area (Å²) in [5.74, 6) is -0.668. The fourth-order valence-electron chi connectivity index (χ4n) is 2.17. The number of para-hydroxylation sites is 1. The van der Waals surface area contributed by atoms with Crippen molar-refractivity contribution in [3.05, 3.63) is 58.1 Å². The largest absolute Gasteiger partial charge is 0.490 e. The van der Waals surface area contributed by atoms with Crippen molar-refractivity contribution < 1.29 is 19.1 Å². The van der Waals surface area contributed by atoms with E-state index in [1.54, 1.807) is 49.6 Å². The monoisotopic (exact) mass is 451 g/mol. The molecule has 27 heavy (non-hydrogen) atoms. The number of methoxy groups -OCH3 is 1. The van der Waals surface area contributed by atoms with Gasteiger partial charge in [0, 0.05) is 11.6 Å². The van der Waals surface area contributed by atoms with Crippen LogP contribution in [-0.4, -0.2) is 37.3 Å². The Labute approximate surface area is 170 Å². The van der Waals surface area contributed by atoms with Crippen molar-refractivity contribution >= 4 is 50.8 Å². The van der Waals surface area contributed by atoms with Crippen LogP contribution in [0.4, 0.5) is 5.69 Å². The molecule has 0 aliphatic rings. The molecular weight excluding hydrogens is 434 g/mol. The first-order chi connectivity index (χ1) is 12.9. The summed E-state index contributed by atoms with van der Waals surface area (Å²) in [5.41, 5.74) is 6.30. The molecule has 9 heteroatoms. The van der Waals surface area contributed by atoms with Crippen LogP contribution >= 0.6 is 28.1 Å². The van der Waals surface area contributed by atoms with Gasteiger partial charge in [-0.05, 0) is 42.5 Å². The number of carbonyl (C=O) groups excluding carboxylic acids is 2. The molecule has 2 aromatic rings. The van der Waals surface area contributed by atoms with Crippen molar-refractivity contribution in [2.45, 2.75) is 0 Å². The molecule has 0 aromatic heterocycles. The number of hydrogen-bond acceptors (Lipinski definition) is 5. The molecule has 142 valence electrons. The number of nitrogens with one attached hydrogen (secondary N) is 2. The Bertz CT molecular complexity index is 860. The first-order valence-electron chi connectivity index (χ1n) is 7.85. The van der Waals surface area contributed by atoms with Gasteiger partial charge in [0.1, 0.15) is 12.4 Å². The zero-order chi connectivity index (χ0) is 19.8. The fraction of sp³-hybridized carbons (Fsp3) is 0.167. The second-order valence-corrected chi connectivity index (χ2v) is 6.62. The minimum Gasteiger partial charge on any atom is -0.490 e. The number of thiocarbonyl (C=S) groups is 1. The van der Waals surface area contributed by atoms with Crippen molar-refractivity contribution in [3.8, 4) is 5.75 Å². The first-order valence-corrected chi connectivity index (χ1v) is 9.05. The molecule has 2 rings (SSSR count). The summed E-state index contributed by atoms with van der Waals surface area (Å²) in [6.07, 6.45) is 0. The van der Waals surface area contributed by atoms with Crippen LogP contribution in [0.5, 0.6) is 5.75 Å². The third kappa shape index (κ3) is 6.02. The molecule has 0 aliphatic carbocycles. The van der Waals surface area contributed by atoms with Crippen LogP contribution in [0.15, 0.2) is 46.9 Å². The number of primary amides is 1. The normalized spacial score (nSPS) is 10.1. The lowest BCUT2D eigenvalue weighted by molar-refractivity contribution is 0.0968. The van der Waals surface area contributed by atoms with E-state index in [1.807, 2.05) is 0 Å². The summed E-state index contributed by atoms with van der Waals surface area (Å²) in [4.78, 5) is 24.1. The molecule has 0 spiro atoms. The van der Waals surface area contributed by atoms with Gasteiger partial charge < -0.3 is 20.5 Å². The third-order valence-corrected chi connectivity index (χ3v) is 4.10. The van der Waals surface area contributed by atoms with Gasteiger partial charge in [-0.15, -0.1) is 0 Å². The van der Waals surface area contributed by atoms with E-state index < -0.39 is 11.8 Å². The number of ether oxygens (including phenoxy) is 2. The molecule has 0 radical (unpaired) electrons. The van der Waals surface area contributed by atoms with Crippen molar-refractivity contribution in [1.29, 1.82) is 0 Å². The van der Waals surface area contributed by atoms with E-state index in [9.17, 15) is 9.59 Å². The third-order valence-electron chi connectivity index (χ3n) is 3.40. The van der Waals surface area contributed by atoms with E-state index in [0.29, 0.717) is 34.7 Å². The highest BCUT2D eigenvalue weighted by molar-refractivity contribution is 9.10. The van der Waals surface area contributed by atoms with E-state index in [2.05, 4.69) is 26.6 Å². The molecule has 0 fully saturated rings. The Balaban J connectivity index is 2.12. The number of anilines is 1. The highest BCUT2D eigenvalue weighted by Crippen LogP contribution is 2.23. The minimum atomic E-state index is -0.604. The van der Waals surface area contributed by atoms with Crippen LogP contribution in [0.1, 0.15) is 20.7 Å². The lowest BCUT2D eigenvalue weighted by Gasteiger charge is -2.14. The Morgan fingerprint density at radius 2 is 1.89 bits per heavy atom. The van der Waals surface area contributed by atoms with Crippen LogP contribution in [0.3, 0.4) is 0 Å². The van der Waals surface area contributed by atoms with E-state index in [1.165, 1.54) is 0 Å². The summed E-state index contributed by atoms with van der Waals surface area (Å²) < 4.78 is 11.2. The Hall–Kier alpha value is -2.49. The number of carbonyl (C=O) groups is 2. The van der Waals surface area contributed by atoms with Crippen LogP contribution in [0.25, 0.3) is 0 Å². The zero-order valence-electron chi connectivity index (χ0n) is 14.5. The molecule has 0 unspecified atom stereocenters. The van der Waals surface area contributed by atoms with E-state index in [0.717, 1.165) is 0 Å². The molecule has 0 saturated carbocycles. The summed E-state index contributed by atoms with van der Waals surface area (Å²) >= 11 is 8.50. The van der Waals surface area contributed by atoms with Crippen LogP contribution in [0, 0.1) is 0 Å². The van der Waals surface area contributed by atoms with Gasteiger partial charge in [-0.2, -0.15) is 0 Å². The lowest BCUT2D eigenvalue weighted by atomic mass is 10.1. The van der Waals surface area contributed by atoms with Gasteiger partial charge in [0.15, 0.2) is 5.11 Å². The van der Waals surface area contributed by atoms with Crippen molar-refractivity contribution in [2.75, 3.05) is 25.6 Å². The van der Waals surface area contributed by atoms with Crippen LogP contribution < -0.4 is 21.1 Å². The number of halogens is 1. The molecule has 2 amide bonds. The second-order valence-electron chi connectivity index (χ2n) is 5.30. The van der Waals surface area contributed by atoms with Crippen molar-refractivity contribution in [2.24, 2.45) is 5.73 Å². The number of rotatable bonds is 7. The Kier molecular flexibility index (Phi) is 7.71. The van der Waals surface area contributed by atoms with E-state index in [4.69, 9.17) is 27.4 Å². The summed E-state index contributed by atoms with van der Waals surface area (Å²) in [6.45, 7) is 0.689. The van der Waals surface area contributed by atoms with Gasteiger partial charge in [-0.25, -0.2) is 0 Å². The second kappa shape index (κ2) is 10.0. The van der Waals surface area contributed by atoms with Gasteiger partial charge >= 0.3 is 0 Å². The fourth-order valence-corrected chi connectivity index (χ4v) is 2.74. The molecule has 0 atom stereocenters. The minimum absolute atomic E-state index is 0.0246. The standard InChI is InChI=1S/C18H18BrN3O4S/c1-25-8-9-26-15-7-6-11(19)10-13(15)17(24)22-18(27)21-14-5-3-2-4-12(14)16(20)23/h2-7,10H,8-9H2,1H3,(H2,20,23)(H2,21,22,24,27). The summed E-state index contributed by atoms with van der Waals surface area (Å²) in [7, 11) is 1.56. The zero-order valence-corrected chi connectivity index (χ0v) is 16.9. The van der Waals surface area contributed by atoms with Gasteiger partial charge in [0.05, 0.1) is 23.4 Å². The molecular formula is C18H18BrN3O4S. The van der Waals surface area contributed by atoms with Gasteiger partial charge in [0.2, 0.25) is 0 Å². The number of nitrogens with two attached hydrogens (primary N) is 1. The maximum atomic E-state index is 12.6. The van der Waals surface area contributed by atoms with Gasteiger partial charge in [-0.3, -0.25) is 14.9 Å². The lowest BCUT2D eigenvalue weighted by Crippen LogP contribution is -2.35. The van der Waals surface area contributed by atoms with Crippen LogP contribution in [-0.2, 0) is 4.74 Å². The van der Waals surface area contributed by atoms with Crippen molar-refractivity contribution in [3.63, 3.8) is 0 Å². The van der Waals surface area contributed by atoms with Crippen LogP contribution in [0.2, 0.25) is 0 Å². The quantitative estimate of drug-likeness (QED) is 0.441. The predicted molar refractivity (Wildman–Crippen MR) is 110 cm³/mol. The van der Waals surface area contributed by atoms with Gasteiger partial charge in [-0.1, -0.05) is 28.1 Å². The summed E-state index contributed by atoms with van der Waals surface area (Å²) in [5, 5.41) is 5.40. The number of hydrogen-bond donors (Lipinski definition) is 3. The molecule has 4 N–H and O–H groups in total. The summed E-state index contributed by atoms with van der Waals surface area (Å²) in [6, 6.07) is 11.7. The Morgan fingerprint density at radius 1 is 1.15 bits per heavy atom. The van der Waals surface area contributed by atoms with E-state index in [-0.39, 0.29) is 10.7 Å². The first kappa shape index (κ1) is 20.8. The molecule has 0 heterocycles. The number of amides is 2. The smallest absolute Gasteiger partial charge is 0.261 e. The van der Waals surface area contributed by atoms with Gasteiger partial charge in [0.25, 0.3) is 11.8 Å². The van der Waals surface area contributed by atoms with Crippen molar-refractivity contribution in [1.82, 2.24) is 5.32 Å². The van der Waals surface area contributed by atoms with E-state index >= 15 is 0 Å². The average molecular weight is 452 g/mol. The molecule has 0 bridgehead atoms.